The molecule has 0 aliphatic rings. The molecule has 0 saturated heterocycles. The molecule has 0 saturated carbocycles. The minimum Gasteiger partial charge on any atom is -0.0799 e. The Balaban J connectivity index is 3.77. The van der Waals surface area contributed by atoms with Gasteiger partial charge in [-0.25, -0.2) is 0 Å². The van der Waals surface area contributed by atoms with E-state index in [1.165, 1.54) is 19.2 Å². The molecule has 0 nitrogen and oxygen atoms in total. The Bertz CT molecular complexity index is 97.0. The second kappa shape index (κ2) is 4.85. The van der Waals surface area contributed by atoms with Crippen LogP contribution in [-0.2, 0) is 0 Å². The Kier molecular flexibility index (Phi) is 4.87. The molecule has 11 heavy (non-hydrogen) atoms. The summed E-state index contributed by atoms with van der Waals surface area (Å²) in [6.07, 6.45) is 3.82. The van der Waals surface area contributed by atoms with Crippen molar-refractivity contribution in [3.63, 3.8) is 0 Å². The zero-order valence-corrected chi connectivity index (χ0v) is 8.78. The van der Waals surface area contributed by atoms with Gasteiger partial charge in [-0.2, -0.15) is 0 Å². The Morgan fingerprint density at radius 2 is 1.82 bits per heavy atom. The van der Waals surface area contributed by atoms with E-state index in [4.69, 9.17) is 0 Å². The third kappa shape index (κ3) is 3.84. The van der Waals surface area contributed by atoms with Crippen molar-refractivity contribution in [3.8, 4) is 0 Å². The summed E-state index contributed by atoms with van der Waals surface area (Å²) in [5, 5.41) is 0.435. The molecule has 0 aromatic carbocycles. The second-order valence-corrected chi connectivity index (χ2v) is 4.12. The van der Waals surface area contributed by atoms with Gasteiger partial charge in [0.2, 0.25) is 0 Å². The molecule has 1 unspecified atom stereocenters. The Hall–Kier alpha value is 0.0649. The molecular weight excluding hydrogens is 131 g/mol. The van der Waals surface area contributed by atoms with E-state index >= 15 is 0 Å². The van der Waals surface area contributed by atoms with Crippen molar-refractivity contribution in [2.75, 3.05) is 0 Å². The Morgan fingerprint density at radius 1 is 1.27 bits per heavy atom. The van der Waals surface area contributed by atoms with E-state index in [1.807, 2.05) is 0 Å². The van der Waals surface area contributed by atoms with Gasteiger partial charge in [-0.1, -0.05) is 59.1 Å². The average molecular weight is 153 g/mol. The highest BCUT2D eigenvalue weighted by molar-refractivity contribution is 6.39. The molecule has 1 radical (unpaired) electrons. The fourth-order valence-corrected chi connectivity index (χ4v) is 1.24. The minimum atomic E-state index is 0.435. The lowest BCUT2D eigenvalue weighted by Gasteiger charge is -2.30. The molecular formula is C10H22B. The molecule has 0 N–H and O–H groups in total. The third-order valence-electron chi connectivity index (χ3n) is 2.84. The summed E-state index contributed by atoms with van der Waals surface area (Å²) >= 11 is 0. The topological polar surface area (TPSA) is 0 Å². The standard InChI is InChI=1S/C10H22B/c1-6-8-11-10(4,5)9(3)7-2/h9H,6-8H2,1-5H3. The van der Waals surface area contributed by atoms with Gasteiger partial charge in [0, 0.05) is 0 Å². The monoisotopic (exact) mass is 153 g/mol. The summed E-state index contributed by atoms with van der Waals surface area (Å²) in [6, 6.07) is 0. The van der Waals surface area contributed by atoms with Crippen molar-refractivity contribution in [2.24, 2.45) is 5.92 Å². The van der Waals surface area contributed by atoms with Crippen LogP contribution in [0.25, 0.3) is 0 Å². The fraction of sp³-hybridized carbons (Fsp3) is 1.00. The molecule has 0 bridgehead atoms. The average Bonchev–Trinajstić information content (AvgIpc) is 1.99. The first kappa shape index (κ1) is 11.1. The highest BCUT2D eigenvalue weighted by atomic mass is 14.2. The summed E-state index contributed by atoms with van der Waals surface area (Å²) in [5.74, 6) is 0.814. The van der Waals surface area contributed by atoms with E-state index in [-0.39, 0.29) is 0 Å². The molecule has 65 valence electrons. The summed E-state index contributed by atoms with van der Waals surface area (Å²) in [6.45, 7) is 11.5. The summed E-state index contributed by atoms with van der Waals surface area (Å²) < 4.78 is 0. The number of rotatable bonds is 5. The second-order valence-electron chi connectivity index (χ2n) is 4.12. The molecule has 1 heteroatoms. The maximum atomic E-state index is 2.47. The van der Waals surface area contributed by atoms with Crippen molar-refractivity contribution in [3.05, 3.63) is 0 Å². The lowest BCUT2D eigenvalue weighted by Crippen LogP contribution is -2.20. The predicted molar refractivity (Wildman–Crippen MR) is 54.3 cm³/mol. The zero-order valence-electron chi connectivity index (χ0n) is 8.78. The van der Waals surface area contributed by atoms with Crippen LogP contribution in [0.3, 0.4) is 0 Å². The maximum Gasteiger partial charge on any atom is 0.117 e. The highest BCUT2D eigenvalue weighted by Gasteiger charge is 2.23. The van der Waals surface area contributed by atoms with Crippen LogP contribution in [0.5, 0.6) is 0 Å². The molecule has 0 aromatic heterocycles. The molecule has 0 heterocycles. The van der Waals surface area contributed by atoms with E-state index < -0.39 is 0 Å². The van der Waals surface area contributed by atoms with Gasteiger partial charge in [-0.05, 0) is 5.92 Å². The van der Waals surface area contributed by atoms with Crippen LogP contribution in [-0.4, -0.2) is 7.28 Å². The van der Waals surface area contributed by atoms with Crippen molar-refractivity contribution in [2.45, 2.75) is 59.1 Å². The molecule has 0 aliphatic carbocycles. The number of hydrogen-bond acceptors (Lipinski definition) is 0. The van der Waals surface area contributed by atoms with E-state index in [0.717, 1.165) is 5.92 Å². The summed E-state index contributed by atoms with van der Waals surface area (Å²) in [7, 11) is 2.47. The predicted octanol–water partition coefficient (Wildman–Crippen LogP) is 3.76. The minimum absolute atomic E-state index is 0.435. The number of hydrogen-bond donors (Lipinski definition) is 0. The van der Waals surface area contributed by atoms with Gasteiger partial charge in [0.25, 0.3) is 0 Å². The first-order valence-electron chi connectivity index (χ1n) is 4.89. The molecule has 1 atom stereocenters. The van der Waals surface area contributed by atoms with Crippen molar-refractivity contribution < 1.29 is 0 Å². The molecule has 0 amide bonds. The quantitative estimate of drug-likeness (QED) is 0.527. The van der Waals surface area contributed by atoms with Crippen LogP contribution in [0.15, 0.2) is 0 Å². The van der Waals surface area contributed by atoms with Crippen molar-refractivity contribution in [1.29, 1.82) is 0 Å². The van der Waals surface area contributed by atoms with Crippen LogP contribution in [0.1, 0.15) is 47.5 Å². The highest BCUT2D eigenvalue weighted by Crippen LogP contribution is 2.36. The lowest BCUT2D eigenvalue weighted by molar-refractivity contribution is 0.422. The van der Waals surface area contributed by atoms with Crippen LogP contribution in [0.4, 0.5) is 0 Å². The van der Waals surface area contributed by atoms with Gasteiger partial charge in [0.05, 0.1) is 0 Å². The van der Waals surface area contributed by atoms with Crippen molar-refractivity contribution in [1.82, 2.24) is 0 Å². The van der Waals surface area contributed by atoms with Crippen LogP contribution >= 0.6 is 0 Å². The van der Waals surface area contributed by atoms with Gasteiger partial charge >= 0.3 is 0 Å². The smallest absolute Gasteiger partial charge is 0.0799 e. The normalized spacial score (nSPS) is 14.6. The van der Waals surface area contributed by atoms with Gasteiger partial charge in [0.15, 0.2) is 0 Å². The molecule has 0 aromatic rings. The van der Waals surface area contributed by atoms with Crippen LogP contribution in [0, 0.1) is 5.92 Å². The van der Waals surface area contributed by atoms with E-state index in [2.05, 4.69) is 41.9 Å². The largest absolute Gasteiger partial charge is 0.117 e. The molecule has 0 spiro atoms. The lowest BCUT2D eigenvalue weighted by atomic mass is 9.47. The van der Waals surface area contributed by atoms with Gasteiger partial charge < -0.3 is 0 Å². The zero-order chi connectivity index (χ0) is 8.91. The fourth-order valence-electron chi connectivity index (χ4n) is 1.24. The van der Waals surface area contributed by atoms with Crippen molar-refractivity contribution >= 4 is 7.28 Å². The van der Waals surface area contributed by atoms with Gasteiger partial charge in [-0.3, -0.25) is 0 Å². The third-order valence-corrected chi connectivity index (χ3v) is 2.84. The maximum absolute atomic E-state index is 2.47. The first-order valence-corrected chi connectivity index (χ1v) is 4.89. The van der Waals surface area contributed by atoms with Gasteiger partial charge in [-0.15, -0.1) is 0 Å². The van der Waals surface area contributed by atoms with E-state index in [9.17, 15) is 0 Å². The molecule has 0 rings (SSSR count). The van der Waals surface area contributed by atoms with Crippen LogP contribution < -0.4 is 0 Å². The summed E-state index contributed by atoms with van der Waals surface area (Å²) in [4.78, 5) is 0. The molecule has 0 aliphatic heterocycles. The Labute approximate surface area is 73.0 Å². The van der Waals surface area contributed by atoms with E-state index in [0.29, 0.717) is 5.31 Å². The molecule has 0 fully saturated rings. The van der Waals surface area contributed by atoms with Crippen LogP contribution in [0.2, 0.25) is 11.6 Å². The first-order chi connectivity index (χ1) is 5.04. The Morgan fingerprint density at radius 3 is 2.18 bits per heavy atom. The van der Waals surface area contributed by atoms with Gasteiger partial charge in [0.1, 0.15) is 7.28 Å². The SMILES string of the molecule is CCC[B]C(C)(C)C(C)CC. The van der Waals surface area contributed by atoms with E-state index in [1.54, 1.807) is 0 Å². The summed E-state index contributed by atoms with van der Waals surface area (Å²) in [5.41, 5.74) is 0.